The lowest BCUT2D eigenvalue weighted by molar-refractivity contribution is 0.0718. The van der Waals surface area contributed by atoms with Crippen LogP contribution in [0.2, 0.25) is 0 Å². The fourth-order valence-corrected chi connectivity index (χ4v) is 4.34. The molecule has 0 atom stereocenters. The van der Waals surface area contributed by atoms with Crippen molar-refractivity contribution < 1.29 is 14.0 Å². The summed E-state index contributed by atoms with van der Waals surface area (Å²) in [5.41, 5.74) is 1.30. The maximum atomic E-state index is 13.9. The van der Waals surface area contributed by atoms with Gasteiger partial charge in [0.2, 0.25) is 0 Å². The van der Waals surface area contributed by atoms with Crippen molar-refractivity contribution in [2.24, 2.45) is 0 Å². The fraction of sp³-hybridized carbons (Fsp3) is 0.400. The van der Waals surface area contributed by atoms with Gasteiger partial charge in [0.15, 0.2) is 0 Å². The summed E-state index contributed by atoms with van der Waals surface area (Å²) in [6.07, 6.45) is 1.61. The van der Waals surface area contributed by atoms with Crippen LogP contribution in [0.15, 0.2) is 30.3 Å². The molecule has 1 saturated heterocycles. The minimum atomic E-state index is -0.504. The van der Waals surface area contributed by atoms with E-state index in [1.807, 2.05) is 13.0 Å². The smallest absolute Gasteiger partial charge is 0.263 e. The van der Waals surface area contributed by atoms with Crippen LogP contribution in [-0.4, -0.2) is 47.8 Å². The Balaban J connectivity index is 1.69. The molecule has 0 spiro atoms. The molecule has 1 aliphatic rings. The quantitative estimate of drug-likeness (QED) is 0.821. The third-order valence-electron chi connectivity index (χ3n) is 4.79. The Bertz CT molecular complexity index is 818. The van der Waals surface area contributed by atoms with E-state index in [2.05, 4.69) is 6.92 Å². The third kappa shape index (κ3) is 3.80. The number of hydrogen-bond donors (Lipinski definition) is 0. The predicted octanol–water partition coefficient (Wildman–Crippen LogP) is 3.75. The van der Waals surface area contributed by atoms with Gasteiger partial charge in [-0.1, -0.05) is 19.1 Å². The van der Waals surface area contributed by atoms with E-state index in [1.54, 1.807) is 21.9 Å². The van der Waals surface area contributed by atoms with E-state index in [0.29, 0.717) is 32.6 Å². The van der Waals surface area contributed by atoms with Crippen LogP contribution in [0, 0.1) is 12.7 Å². The Morgan fingerprint density at radius 1 is 1.08 bits per heavy atom. The normalized spacial score (nSPS) is 15.0. The number of aryl methyl sites for hydroxylation is 2. The van der Waals surface area contributed by atoms with E-state index in [0.717, 1.165) is 11.3 Å². The van der Waals surface area contributed by atoms with Gasteiger partial charge in [-0.2, -0.15) is 0 Å². The van der Waals surface area contributed by atoms with Gasteiger partial charge in [0.05, 0.1) is 10.4 Å². The molecule has 1 aromatic heterocycles. The number of nitrogens with zero attached hydrogens (tertiary/aromatic N) is 2. The summed E-state index contributed by atoms with van der Waals surface area (Å²) >= 11 is 1.53. The van der Waals surface area contributed by atoms with Crippen LogP contribution in [0.3, 0.4) is 0 Å². The highest BCUT2D eigenvalue weighted by Gasteiger charge is 2.25. The molecule has 1 fully saturated rings. The van der Waals surface area contributed by atoms with Crippen LogP contribution in [0.25, 0.3) is 0 Å². The van der Waals surface area contributed by atoms with E-state index in [4.69, 9.17) is 0 Å². The molecule has 1 aromatic carbocycles. The van der Waals surface area contributed by atoms with Crippen LogP contribution in [0.4, 0.5) is 4.39 Å². The second-order valence-electron chi connectivity index (χ2n) is 6.46. The molecule has 26 heavy (non-hydrogen) atoms. The number of thiophene rings is 1. The van der Waals surface area contributed by atoms with Crippen LogP contribution in [0.5, 0.6) is 0 Å². The standard InChI is InChI=1S/C20H23FN2O2S/c1-3-15-13-18(26-14(15)2)20(25)23-10-6-9-22(11-12-23)19(24)16-7-4-5-8-17(16)21/h4-5,7-8,13H,3,6,9-12H2,1-2H3. The van der Waals surface area contributed by atoms with Crippen molar-refractivity contribution >= 4 is 23.2 Å². The van der Waals surface area contributed by atoms with Gasteiger partial charge < -0.3 is 9.80 Å². The average molecular weight is 374 g/mol. The molecule has 0 unspecified atom stereocenters. The maximum Gasteiger partial charge on any atom is 0.263 e. The summed E-state index contributed by atoms with van der Waals surface area (Å²) in [5, 5.41) is 0. The summed E-state index contributed by atoms with van der Waals surface area (Å²) in [6.45, 7) is 6.15. The largest absolute Gasteiger partial charge is 0.337 e. The Morgan fingerprint density at radius 3 is 2.35 bits per heavy atom. The van der Waals surface area contributed by atoms with Gasteiger partial charge >= 0.3 is 0 Å². The van der Waals surface area contributed by atoms with Crippen molar-refractivity contribution in [3.8, 4) is 0 Å². The Morgan fingerprint density at radius 2 is 1.73 bits per heavy atom. The maximum absolute atomic E-state index is 13.9. The molecule has 4 nitrogen and oxygen atoms in total. The highest BCUT2D eigenvalue weighted by Crippen LogP contribution is 2.24. The molecular weight excluding hydrogens is 351 g/mol. The average Bonchev–Trinajstić information content (AvgIpc) is 2.86. The fourth-order valence-electron chi connectivity index (χ4n) is 3.26. The zero-order chi connectivity index (χ0) is 18.7. The summed E-state index contributed by atoms with van der Waals surface area (Å²) < 4.78 is 13.9. The van der Waals surface area contributed by atoms with Crippen LogP contribution >= 0.6 is 11.3 Å². The minimum Gasteiger partial charge on any atom is -0.337 e. The number of rotatable bonds is 3. The van der Waals surface area contributed by atoms with Gasteiger partial charge in [-0.3, -0.25) is 9.59 Å². The molecule has 2 amide bonds. The van der Waals surface area contributed by atoms with Gasteiger partial charge in [0.1, 0.15) is 5.82 Å². The number of carbonyl (C=O) groups excluding carboxylic acids is 2. The van der Waals surface area contributed by atoms with E-state index < -0.39 is 5.82 Å². The molecular formula is C20H23FN2O2S. The van der Waals surface area contributed by atoms with Gasteiger partial charge in [0.25, 0.3) is 11.8 Å². The lowest BCUT2D eigenvalue weighted by Gasteiger charge is -2.22. The minimum absolute atomic E-state index is 0.0259. The summed E-state index contributed by atoms with van der Waals surface area (Å²) in [5.74, 6) is -0.786. The SMILES string of the molecule is CCc1cc(C(=O)N2CCCN(C(=O)c3ccccc3F)CC2)sc1C. The van der Waals surface area contributed by atoms with Crippen molar-refractivity contribution in [3.63, 3.8) is 0 Å². The first kappa shape index (κ1) is 18.6. The predicted molar refractivity (Wildman–Crippen MR) is 101 cm³/mol. The molecule has 0 N–H and O–H groups in total. The summed E-state index contributed by atoms with van der Waals surface area (Å²) in [7, 11) is 0. The van der Waals surface area contributed by atoms with E-state index in [1.165, 1.54) is 33.9 Å². The topological polar surface area (TPSA) is 40.6 Å². The Hall–Kier alpha value is -2.21. The van der Waals surface area contributed by atoms with Crippen LogP contribution in [0.1, 0.15) is 43.8 Å². The first-order valence-corrected chi connectivity index (χ1v) is 9.75. The van der Waals surface area contributed by atoms with Gasteiger partial charge in [-0.05, 0) is 43.5 Å². The molecule has 0 saturated carbocycles. The zero-order valence-corrected chi connectivity index (χ0v) is 15.9. The molecule has 138 valence electrons. The van der Waals surface area contributed by atoms with Crippen molar-refractivity contribution in [2.75, 3.05) is 26.2 Å². The molecule has 0 bridgehead atoms. The molecule has 0 aliphatic carbocycles. The first-order valence-electron chi connectivity index (χ1n) is 8.93. The van der Waals surface area contributed by atoms with Gasteiger partial charge in [-0.15, -0.1) is 11.3 Å². The monoisotopic (exact) mass is 374 g/mol. The molecule has 2 aromatic rings. The number of hydrogen-bond acceptors (Lipinski definition) is 3. The highest BCUT2D eigenvalue weighted by molar-refractivity contribution is 7.14. The molecule has 6 heteroatoms. The Labute approximate surface area is 157 Å². The van der Waals surface area contributed by atoms with Crippen LogP contribution in [-0.2, 0) is 6.42 Å². The van der Waals surface area contributed by atoms with E-state index in [9.17, 15) is 14.0 Å². The van der Waals surface area contributed by atoms with Crippen LogP contribution < -0.4 is 0 Å². The number of amides is 2. The number of halogens is 1. The first-order chi connectivity index (χ1) is 12.5. The van der Waals surface area contributed by atoms with Gasteiger partial charge in [0, 0.05) is 31.1 Å². The lowest BCUT2D eigenvalue weighted by atomic mass is 10.2. The Kier molecular flexibility index (Phi) is 5.71. The van der Waals surface area contributed by atoms with E-state index >= 15 is 0 Å². The van der Waals surface area contributed by atoms with Crippen molar-refractivity contribution in [1.29, 1.82) is 0 Å². The lowest BCUT2D eigenvalue weighted by Crippen LogP contribution is -2.37. The molecule has 3 rings (SSSR count). The second kappa shape index (κ2) is 7.99. The summed E-state index contributed by atoms with van der Waals surface area (Å²) in [4.78, 5) is 30.8. The number of benzene rings is 1. The van der Waals surface area contributed by atoms with Gasteiger partial charge in [-0.25, -0.2) is 4.39 Å². The molecule has 0 radical (unpaired) electrons. The molecule has 1 aliphatic heterocycles. The van der Waals surface area contributed by atoms with Crippen molar-refractivity contribution in [2.45, 2.75) is 26.7 Å². The zero-order valence-electron chi connectivity index (χ0n) is 15.1. The number of carbonyl (C=O) groups is 2. The second-order valence-corrected chi connectivity index (χ2v) is 7.72. The summed E-state index contributed by atoms with van der Waals surface area (Å²) in [6, 6.07) is 8.02. The van der Waals surface area contributed by atoms with E-state index in [-0.39, 0.29) is 17.4 Å². The molecule has 2 heterocycles. The third-order valence-corrected chi connectivity index (χ3v) is 5.87. The highest BCUT2D eigenvalue weighted by atomic mass is 32.1. The van der Waals surface area contributed by atoms with Crippen molar-refractivity contribution in [3.05, 3.63) is 57.0 Å². The van der Waals surface area contributed by atoms with Crippen molar-refractivity contribution in [1.82, 2.24) is 9.80 Å².